The zero-order valence-corrected chi connectivity index (χ0v) is 14.0. The van der Waals surface area contributed by atoms with Crippen LogP contribution in [-0.2, 0) is 5.75 Å². The molecule has 0 spiro atoms. The van der Waals surface area contributed by atoms with Gasteiger partial charge in [-0.1, -0.05) is 0 Å². The van der Waals surface area contributed by atoms with Gasteiger partial charge in [-0.15, -0.1) is 11.3 Å². The van der Waals surface area contributed by atoms with Gasteiger partial charge >= 0.3 is 5.69 Å². The van der Waals surface area contributed by atoms with Crippen molar-refractivity contribution < 1.29 is 4.92 Å². The smallest absolute Gasteiger partial charge is 0.313 e. The fourth-order valence-corrected chi connectivity index (χ4v) is 3.39. The second kappa shape index (κ2) is 7.83. The first kappa shape index (κ1) is 17.1. The lowest BCUT2D eigenvalue weighted by molar-refractivity contribution is -0.384. The van der Waals surface area contributed by atoms with Crippen molar-refractivity contribution in [1.82, 2.24) is 9.97 Å². The molecule has 2 rings (SSSR count). The molecule has 0 saturated heterocycles. The number of thiazole rings is 1. The van der Waals surface area contributed by atoms with Crippen LogP contribution >= 0.6 is 23.1 Å². The van der Waals surface area contributed by atoms with E-state index in [1.807, 2.05) is 5.38 Å². The number of aliphatic imine (C=N–C) groups is 1. The maximum Gasteiger partial charge on any atom is 0.313 e. The van der Waals surface area contributed by atoms with Crippen molar-refractivity contribution in [3.05, 3.63) is 32.9 Å². The predicted molar refractivity (Wildman–Crippen MR) is 94.4 cm³/mol. The Bertz CT molecular complexity index is 706. The minimum absolute atomic E-state index is 0.00871. The highest BCUT2D eigenvalue weighted by atomic mass is 32.2. The van der Waals surface area contributed by atoms with Gasteiger partial charge in [0.05, 0.1) is 10.6 Å². The van der Waals surface area contributed by atoms with E-state index in [1.54, 1.807) is 24.9 Å². The third kappa shape index (κ3) is 4.86. The zero-order chi connectivity index (χ0) is 16.8. The number of aryl methyl sites for hydroxylation is 1. The number of guanidine groups is 1. The van der Waals surface area contributed by atoms with E-state index in [0.717, 1.165) is 17.2 Å². The summed E-state index contributed by atoms with van der Waals surface area (Å²) in [6.07, 6.45) is 1.62. The van der Waals surface area contributed by atoms with Crippen LogP contribution < -0.4 is 16.8 Å². The molecule has 2 heterocycles. The standard InChI is InChI=1S/C12H17N7O2S2/c1-7-4-16-10(9(7)19(20)21)15-2-3-22-5-8-6-23-12(17-8)18-11(13)14/h4,6,15-16H,2-3,5H2,1H3,(H4,13,14,17,18). The number of aromatic amines is 1. The summed E-state index contributed by atoms with van der Waals surface area (Å²) in [5.41, 5.74) is 12.2. The number of aromatic nitrogens is 2. The van der Waals surface area contributed by atoms with E-state index in [2.05, 4.69) is 20.3 Å². The van der Waals surface area contributed by atoms with Crippen molar-refractivity contribution in [3.63, 3.8) is 0 Å². The number of anilines is 1. The Labute approximate surface area is 140 Å². The first-order valence-electron chi connectivity index (χ1n) is 6.65. The number of thioether (sulfide) groups is 1. The van der Waals surface area contributed by atoms with Gasteiger partial charge in [-0.25, -0.2) is 4.98 Å². The van der Waals surface area contributed by atoms with Crippen LogP contribution in [0.15, 0.2) is 16.6 Å². The van der Waals surface area contributed by atoms with Gasteiger partial charge in [-0.3, -0.25) is 10.1 Å². The minimum Gasteiger partial charge on any atom is -0.370 e. The molecule has 0 aliphatic carbocycles. The number of nitrogens with one attached hydrogen (secondary N) is 2. The van der Waals surface area contributed by atoms with Crippen molar-refractivity contribution in [1.29, 1.82) is 0 Å². The number of nitrogens with zero attached hydrogens (tertiary/aromatic N) is 3. The van der Waals surface area contributed by atoms with Crippen molar-refractivity contribution in [3.8, 4) is 0 Å². The van der Waals surface area contributed by atoms with Gasteiger partial charge in [0, 0.05) is 35.2 Å². The van der Waals surface area contributed by atoms with Crippen molar-refractivity contribution >= 4 is 45.7 Å². The highest BCUT2D eigenvalue weighted by Gasteiger charge is 2.18. The van der Waals surface area contributed by atoms with Gasteiger partial charge in [0.1, 0.15) is 0 Å². The van der Waals surface area contributed by atoms with Crippen LogP contribution in [0.5, 0.6) is 0 Å². The zero-order valence-electron chi connectivity index (χ0n) is 12.4. The molecular weight excluding hydrogens is 338 g/mol. The summed E-state index contributed by atoms with van der Waals surface area (Å²) < 4.78 is 0. The summed E-state index contributed by atoms with van der Waals surface area (Å²) >= 11 is 3.04. The quantitative estimate of drug-likeness (QED) is 0.186. The molecule has 23 heavy (non-hydrogen) atoms. The normalized spacial score (nSPS) is 10.5. The second-order valence-corrected chi connectivity index (χ2v) is 6.53. The highest BCUT2D eigenvalue weighted by molar-refractivity contribution is 7.98. The number of rotatable bonds is 8. The number of H-pyrrole nitrogens is 1. The van der Waals surface area contributed by atoms with Crippen LogP contribution in [0.4, 0.5) is 16.6 Å². The van der Waals surface area contributed by atoms with Gasteiger partial charge in [-0.2, -0.15) is 16.8 Å². The predicted octanol–water partition coefficient (Wildman–Crippen LogP) is 1.94. The molecule has 124 valence electrons. The Morgan fingerprint density at radius 1 is 1.61 bits per heavy atom. The lowest BCUT2D eigenvalue weighted by Gasteiger charge is -2.03. The Kier molecular flexibility index (Phi) is 5.82. The number of hydrogen-bond donors (Lipinski definition) is 4. The van der Waals surface area contributed by atoms with Gasteiger partial charge in [0.25, 0.3) is 0 Å². The third-order valence-electron chi connectivity index (χ3n) is 2.79. The Balaban J connectivity index is 1.75. The lowest BCUT2D eigenvalue weighted by Crippen LogP contribution is -2.21. The fraction of sp³-hybridized carbons (Fsp3) is 0.333. The molecule has 11 heteroatoms. The topological polar surface area (TPSA) is 148 Å². The minimum atomic E-state index is -0.387. The summed E-state index contributed by atoms with van der Waals surface area (Å²) in [6, 6.07) is 0. The van der Waals surface area contributed by atoms with Crippen molar-refractivity contribution in [2.75, 3.05) is 17.6 Å². The van der Waals surface area contributed by atoms with E-state index in [4.69, 9.17) is 11.5 Å². The summed E-state index contributed by atoms with van der Waals surface area (Å²) in [7, 11) is 0. The van der Waals surface area contributed by atoms with Crippen molar-refractivity contribution in [2.24, 2.45) is 16.5 Å². The second-order valence-electron chi connectivity index (χ2n) is 4.59. The summed E-state index contributed by atoms with van der Waals surface area (Å²) in [6.45, 7) is 2.31. The average Bonchev–Trinajstić information content (AvgIpc) is 3.04. The Morgan fingerprint density at radius 2 is 2.39 bits per heavy atom. The Hall–Kier alpha value is -2.27. The van der Waals surface area contributed by atoms with Crippen LogP contribution in [0.25, 0.3) is 0 Å². The van der Waals surface area contributed by atoms with Crippen LogP contribution in [0, 0.1) is 17.0 Å². The molecule has 9 nitrogen and oxygen atoms in total. The molecule has 0 fully saturated rings. The Morgan fingerprint density at radius 3 is 3.09 bits per heavy atom. The fourth-order valence-electron chi connectivity index (χ4n) is 1.83. The monoisotopic (exact) mass is 355 g/mol. The first-order chi connectivity index (χ1) is 11.0. The third-order valence-corrected chi connectivity index (χ3v) is 4.56. The van der Waals surface area contributed by atoms with Gasteiger partial charge < -0.3 is 21.8 Å². The van der Waals surface area contributed by atoms with Crippen LogP contribution in [0.2, 0.25) is 0 Å². The number of nitro groups is 1. The molecule has 2 aromatic rings. The molecule has 0 amide bonds. The first-order valence-corrected chi connectivity index (χ1v) is 8.69. The molecular formula is C12H17N7O2S2. The van der Waals surface area contributed by atoms with Gasteiger partial charge in [0.2, 0.25) is 5.13 Å². The van der Waals surface area contributed by atoms with E-state index in [9.17, 15) is 10.1 Å². The summed E-state index contributed by atoms with van der Waals surface area (Å²) in [5, 5.41) is 16.4. The average molecular weight is 355 g/mol. The maximum atomic E-state index is 11.0. The molecule has 0 atom stereocenters. The maximum absolute atomic E-state index is 11.0. The van der Waals surface area contributed by atoms with Gasteiger partial charge in [0.15, 0.2) is 11.8 Å². The van der Waals surface area contributed by atoms with E-state index >= 15 is 0 Å². The lowest BCUT2D eigenvalue weighted by atomic mass is 10.3. The highest BCUT2D eigenvalue weighted by Crippen LogP contribution is 2.27. The summed E-state index contributed by atoms with van der Waals surface area (Å²) in [5.74, 6) is 1.94. The van der Waals surface area contributed by atoms with E-state index < -0.39 is 0 Å². The number of hydrogen-bond acceptors (Lipinski definition) is 7. The number of nitrogens with two attached hydrogens (primary N) is 2. The van der Waals surface area contributed by atoms with Crippen LogP contribution in [0.3, 0.4) is 0 Å². The van der Waals surface area contributed by atoms with Crippen LogP contribution in [-0.4, -0.2) is 33.1 Å². The summed E-state index contributed by atoms with van der Waals surface area (Å²) in [4.78, 5) is 21.6. The van der Waals surface area contributed by atoms with E-state index in [1.165, 1.54) is 11.3 Å². The molecule has 0 saturated carbocycles. The SMILES string of the molecule is Cc1c[nH]c(NCCSCc2csc(N=C(N)N)n2)c1[N+](=O)[O-]. The molecule has 0 radical (unpaired) electrons. The molecule has 0 aromatic carbocycles. The molecule has 0 unspecified atom stereocenters. The largest absolute Gasteiger partial charge is 0.370 e. The van der Waals surface area contributed by atoms with E-state index in [0.29, 0.717) is 23.1 Å². The van der Waals surface area contributed by atoms with Crippen LogP contribution in [0.1, 0.15) is 11.3 Å². The van der Waals surface area contributed by atoms with Crippen molar-refractivity contribution in [2.45, 2.75) is 12.7 Å². The molecule has 0 aliphatic rings. The molecule has 0 bridgehead atoms. The van der Waals surface area contributed by atoms with E-state index in [-0.39, 0.29) is 16.6 Å². The van der Waals surface area contributed by atoms with Gasteiger partial charge in [-0.05, 0) is 6.92 Å². The molecule has 2 aromatic heterocycles. The molecule has 0 aliphatic heterocycles. The molecule has 6 N–H and O–H groups in total.